The van der Waals surface area contributed by atoms with Gasteiger partial charge in [0.2, 0.25) is 0 Å². The number of carbonyl (C=O) groups excluding carboxylic acids is 2. The topological polar surface area (TPSA) is 166 Å². The van der Waals surface area contributed by atoms with E-state index in [1.54, 1.807) is 6.20 Å². The molecule has 1 aromatic heterocycles. The van der Waals surface area contributed by atoms with Gasteiger partial charge in [0.25, 0.3) is 5.91 Å². The molecule has 2 saturated heterocycles. The summed E-state index contributed by atoms with van der Waals surface area (Å²) in [6.07, 6.45) is 2.35. The van der Waals surface area contributed by atoms with E-state index < -0.39 is 34.4 Å². The zero-order chi connectivity index (χ0) is 19.2. The van der Waals surface area contributed by atoms with Crippen molar-refractivity contribution in [3.05, 3.63) is 17.5 Å². The predicted molar refractivity (Wildman–Crippen MR) is 85.6 cm³/mol. The van der Waals surface area contributed by atoms with Crippen molar-refractivity contribution in [1.82, 2.24) is 31.0 Å². The SMILES string of the molecule is O=C(NOC[C@H]1NCc2[nH]ncc21)C1CCC2CN1C(=O)N2OS(=O)(=O)O. The summed E-state index contributed by atoms with van der Waals surface area (Å²) in [4.78, 5) is 31.2. The Hall–Kier alpha value is -2.26. The minimum atomic E-state index is -4.82. The van der Waals surface area contributed by atoms with Gasteiger partial charge in [-0.05, 0) is 12.8 Å². The smallest absolute Gasteiger partial charge is 0.309 e. The summed E-state index contributed by atoms with van der Waals surface area (Å²) in [5.74, 6) is -0.513. The number of nitrogens with zero attached hydrogens (tertiary/aromatic N) is 3. The van der Waals surface area contributed by atoms with Gasteiger partial charge in [0.1, 0.15) is 6.04 Å². The quantitative estimate of drug-likeness (QED) is 0.331. The Morgan fingerprint density at radius 2 is 2.26 bits per heavy atom. The third kappa shape index (κ3) is 3.49. The molecule has 0 aromatic carbocycles. The first-order valence-corrected chi connectivity index (χ1v) is 9.64. The van der Waals surface area contributed by atoms with Gasteiger partial charge in [-0.3, -0.25) is 19.3 Å². The summed E-state index contributed by atoms with van der Waals surface area (Å²) in [5, 5.41) is 10.6. The van der Waals surface area contributed by atoms with Crippen LogP contribution < -0.4 is 10.8 Å². The lowest BCUT2D eigenvalue weighted by Gasteiger charge is -2.29. The normalized spacial score (nSPS) is 27.1. The van der Waals surface area contributed by atoms with E-state index in [4.69, 9.17) is 9.39 Å². The van der Waals surface area contributed by atoms with E-state index >= 15 is 0 Å². The molecule has 4 heterocycles. The van der Waals surface area contributed by atoms with Crippen molar-refractivity contribution < 1.29 is 31.7 Å². The van der Waals surface area contributed by atoms with Crippen LogP contribution in [0.15, 0.2) is 6.20 Å². The van der Waals surface area contributed by atoms with Crippen molar-refractivity contribution in [2.75, 3.05) is 13.2 Å². The second-order valence-corrected chi connectivity index (χ2v) is 7.53. The fourth-order valence-electron chi connectivity index (χ4n) is 3.62. The van der Waals surface area contributed by atoms with Crippen LogP contribution in [0.5, 0.6) is 0 Å². The summed E-state index contributed by atoms with van der Waals surface area (Å²) in [7, 11) is -4.82. The molecule has 4 rings (SSSR count). The number of urea groups is 1. The molecule has 4 N–H and O–H groups in total. The number of hydroxylamine groups is 3. The lowest BCUT2D eigenvalue weighted by Crippen LogP contribution is -2.50. The first kappa shape index (κ1) is 18.1. The number of amides is 3. The van der Waals surface area contributed by atoms with Crippen LogP contribution in [0.2, 0.25) is 0 Å². The van der Waals surface area contributed by atoms with E-state index in [1.807, 2.05) is 0 Å². The van der Waals surface area contributed by atoms with Crippen LogP contribution in [0.1, 0.15) is 30.1 Å². The second kappa shape index (κ2) is 6.72. The Kier molecular flexibility index (Phi) is 4.51. The highest BCUT2D eigenvalue weighted by atomic mass is 32.3. The van der Waals surface area contributed by atoms with Crippen LogP contribution in [0.3, 0.4) is 0 Å². The number of piperidine rings is 1. The van der Waals surface area contributed by atoms with Gasteiger partial charge in [-0.1, -0.05) is 0 Å². The standard InChI is InChI=1S/C13H18N6O7S/c20-12(17-25-6-10-8-3-15-16-9(8)4-14-10)11-2-1-7-5-18(11)13(21)19(7)26-27(22,23)24/h3,7,10-11,14H,1-2,4-6H2,(H,15,16)(H,17,20)(H,22,23,24)/t7?,10-,11?/m1/s1. The molecule has 0 spiro atoms. The van der Waals surface area contributed by atoms with Crippen molar-refractivity contribution in [3.63, 3.8) is 0 Å². The average molecular weight is 402 g/mol. The van der Waals surface area contributed by atoms with Gasteiger partial charge < -0.3 is 10.2 Å². The summed E-state index contributed by atoms with van der Waals surface area (Å²) in [5.41, 5.74) is 4.28. The van der Waals surface area contributed by atoms with Crippen molar-refractivity contribution in [1.29, 1.82) is 0 Å². The van der Waals surface area contributed by atoms with Crippen LogP contribution in [0.4, 0.5) is 4.79 Å². The van der Waals surface area contributed by atoms with E-state index in [0.29, 0.717) is 24.4 Å². The fraction of sp³-hybridized carbons (Fsp3) is 0.615. The van der Waals surface area contributed by atoms with Gasteiger partial charge in [-0.15, -0.1) is 4.28 Å². The number of rotatable bonds is 6. The van der Waals surface area contributed by atoms with Gasteiger partial charge in [0.05, 0.1) is 30.6 Å². The summed E-state index contributed by atoms with van der Waals surface area (Å²) >= 11 is 0. The van der Waals surface area contributed by atoms with Crippen LogP contribution in [0.25, 0.3) is 0 Å². The average Bonchev–Trinajstić information content (AvgIpc) is 3.27. The highest BCUT2D eigenvalue weighted by Crippen LogP contribution is 2.30. The maximum Gasteiger partial charge on any atom is 0.418 e. The molecule has 13 nitrogen and oxygen atoms in total. The Morgan fingerprint density at radius 3 is 3.04 bits per heavy atom. The van der Waals surface area contributed by atoms with Crippen molar-refractivity contribution in [3.8, 4) is 0 Å². The van der Waals surface area contributed by atoms with Crippen LogP contribution >= 0.6 is 0 Å². The predicted octanol–water partition coefficient (Wildman–Crippen LogP) is -1.40. The van der Waals surface area contributed by atoms with Gasteiger partial charge in [0, 0.05) is 18.7 Å². The molecular formula is C13H18N6O7S. The maximum absolute atomic E-state index is 12.4. The van der Waals surface area contributed by atoms with E-state index in [1.165, 1.54) is 4.90 Å². The first-order chi connectivity index (χ1) is 12.8. The number of hydrogen-bond donors (Lipinski definition) is 4. The van der Waals surface area contributed by atoms with Gasteiger partial charge >= 0.3 is 16.4 Å². The number of H-pyrrole nitrogens is 1. The Morgan fingerprint density at radius 1 is 1.44 bits per heavy atom. The van der Waals surface area contributed by atoms with Crippen molar-refractivity contribution in [2.24, 2.45) is 0 Å². The first-order valence-electron chi connectivity index (χ1n) is 8.27. The molecule has 0 aliphatic carbocycles. The molecule has 2 fully saturated rings. The number of aromatic amines is 1. The van der Waals surface area contributed by atoms with Gasteiger partial charge in [-0.2, -0.15) is 18.6 Å². The van der Waals surface area contributed by atoms with Crippen LogP contribution in [-0.2, 0) is 30.9 Å². The highest BCUT2D eigenvalue weighted by molar-refractivity contribution is 7.80. The molecule has 27 heavy (non-hydrogen) atoms. The summed E-state index contributed by atoms with van der Waals surface area (Å²) in [6.45, 7) is 0.932. The lowest BCUT2D eigenvalue weighted by atomic mass is 10.0. The maximum atomic E-state index is 12.4. The number of aromatic nitrogens is 2. The monoisotopic (exact) mass is 402 g/mol. The molecule has 3 aliphatic heterocycles. The molecule has 0 saturated carbocycles. The fourth-order valence-corrected chi connectivity index (χ4v) is 4.00. The van der Waals surface area contributed by atoms with E-state index in [-0.39, 0.29) is 19.2 Å². The second-order valence-electron chi connectivity index (χ2n) is 6.52. The number of hydrogen-bond acceptors (Lipinski definition) is 8. The van der Waals surface area contributed by atoms with Crippen molar-refractivity contribution >= 4 is 22.3 Å². The zero-order valence-electron chi connectivity index (χ0n) is 14.0. The molecule has 3 aliphatic rings. The van der Waals surface area contributed by atoms with E-state index in [9.17, 15) is 18.0 Å². The van der Waals surface area contributed by atoms with E-state index in [0.717, 1.165) is 11.3 Å². The molecule has 3 amide bonds. The zero-order valence-corrected chi connectivity index (χ0v) is 14.8. The third-order valence-electron chi connectivity index (χ3n) is 4.88. The van der Waals surface area contributed by atoms with Gasteiger partial charge in [0.15, 0.2) is 0 Å². The molecule has 2 bridgehead atoms. The lowest BCUT2D eigenvalue weighted by molar-refractivity contribution is -0.139. The number of fused-ring (bicyclic) bond motifs is 3. The molecule has 14 heteroatoms. The summed E-state index contributed by atoms with van der Waals surface area (Å²) < 4.78 is 34.9. The number of carbonyl (C=O) groups is 2. The van der Waals surface area contributed by atoms with Crippen molar-refractivity contribution in [2.45, 2.75) is 37.5 Å². The molecular weight excluding hydrogens is 384 g/mol. The molecule has 148 valence electrons. The van der Waals surface area contributed by atoms with Crippen LogP contribution in [0, 0.1) is 0 Å². The van der Waals surface area contributed by atoms with Gasteiger partial charge in [-0.25, -0.2) is 10.3 Å². The van der Waals surface area contributed by atoms with Crippen LogP contribution in [-0.4, -0.2) is 70.3 Å². The highest BCUT2D eigenvalue weighted by Gasteiger charge is 2.49. The Balaban J connectivity index is 1.32. The summed E-state index contributed by atoms with van der Waals surface area (Å²) in [6, 6.07) is -2.27. The third-order valence-corrected chi connectivity index (χ3v) is 5.22. The largest absolute Gasteiger partial charge is 0.418 e. The van der Waals surface area contributed by atoms with E-state index in [2.05, 4.69) is 25.3 Å². The Bertz CT molecular complexity index is 857. The molecule has 3 atom stereocenters. The molecule has 1 aromatic rings. The molecule has 2 unspecified atom stereocenters. The molecule has 0 radical (unpaired) electrons. The number of nitrogens with one attached hydrogen (secondary N) is 3. The minimum Gasteiger partial charge on any atom is -0.309 e. The minimum absolute atomic E-state index is 0.109. The Labute approximate surface area is 153 Å².